The number of carboxylic acid groups (broad SMARTS) is 2. The first-order valence-electron chi connectivity index (χ1n) is 8.67. The van der Waals surface area contributed by atoms with E-state index in [0.29, 0.717) is 19.3 Å². The van der Waals surface area contributed by atoms with Crippen molar-refractivity contribution in [3.63, 3.8) is 0 Å². The maximum absolute atomic E-state index is 11.1. The minimum atomic E-state index is -0.858. The Morgan fingerprint density at radius 3 is 2.14 bits per heavy atom. The van der Waals surface area contributed by atoms with Gasteiger partial charge in [0, 0.05) is 6.42 Å². The number of hydrogen-bond acceptors (Lipinski definition) is 2. The summed E-state index contributed by atoms with van der Waals surface area (Å²) < 4.78 is 0. The monoisotopic (exact) mass is 312 g/mol. The highest BCUT2D eigenvalue weighted by atomic mass is 16.4. The summed E-state index contributed by atoms with van der Waals surface area (Å²) in [6.07, 6.45) is 15.3. The van der Waals surface area contributed by atoms with Gasteiger partial charge in [-0.05, 0) is 38.5 Å². The van der Waals surface area contributed by atoms with Crippen molar-refractivity contribution in [1.29, 1.82) is 0 Å². The van der Waals surface area contributed by atoms with Gasteiger partial charge < -0.3 is 10.2 Å². The Morgan fingerprint density at radius 2 is 1.50 bits per heavy atom. The van der Waals surface area contributed by atoms with Crippen LogP contribution in [0.25, 0.3) is 0 Å². The Hall–Kier alpha value is -1.32. The first kappa shape index (κ1) is 20.7. The van der Waals surface area contributed by atoms with Crippen molar-refractivity contribution in [3.8, 4) is 0 Å². The summed E-state index contributed by atoms with van der Waals surface area (Å²) in [5.74, 6) is -2.09. The molecule has 0 saturated carbocycles. The van der Waals surface area contributed by atoms with Gasteiger partial charge in [0.1, 0.15) is 0 Å². The van der Waals surface area contributed by atoms with Crippen molar-refractivity contribution in [2.45, 2.75) is 84.0 Å². The van der Waals surface area contributed by atoms with E-state index in [2.05, 4.69) is 19.1 Å². The highest BCUT2D eigenvalue weighted by Gasteiger charge is 2.16. The fraction of sp³-hybridized carbons (Fsp3) is 0.778. The molecule has 0 bridgehead atoms. The van der Waals surface area contributed by atoms with E-state index < -0.39 is 17.9 Å². The standard InChI is InChI=1S/C18H32O4/c1-2-3-4-5-6-7-8-9-10-11-13-16(18(21)22)14-12-15-17(19)20/h9-10,16H,2-8,11-15H2,1H3,(H,19,20)(H,21,22). The number of unbranched alkanes of at least 4 members (excludes halogenated alkanes) is 6. The molecule has 1 unspecified atom stereocenters. The van der Waals surface area contributed by atoms with Gasteiger partial charge in [0.05, 0.1) is 5.92 Å². The van der Waals surface area contributed by atoms with Crippen LogP contribution in [0.1, 0.15) is 84.0 Å². The third-order valence-corrected chi connectivity index (χ3v) is 3.87. The third kappa shape index (κ3) is 13.7. The number of allylic oxidation sites excluding steroid dienone is 2. The second-order valence-corrected chi connectivity index (χ2v) is 5.93. The molecule has 0 fully saturated rings. The van der Waals surface area contributed by atoms with Gasteiger partial charge in [-0.15, -0.1) is 0 Å². The zero-order chi connectivity index (χ0) is 16.6. The van der Waals surface area contributed by atoms with Crippen molar-refractivity contribution in [2.24, 2.45) is 5.92 Å². The molecule has 4 nitrogen and oxygen atoms in total. The Labute approximate surface area is 134 Å². The lowest BCUT2D eigenvalue weighted by Gasteiger charge is -2.09. The molecule has 0 aliphatic heterocycles. The van der Waals surface area contributed by atoms with Gasteiger partial charge in [-0.2, -0.15) is 0 Å². The van der Waals surface area contributed by atoms with Crippen LogP contribution in [-0.2, 0) is 9.59 Å². The number of rotatable bonds is 15. The molecule has 0 heterocycles. The predicted molar refractivity (Wildman–Crippen MR) is 89.0 cm³/mol. The summed E-state index contributed by atoms with van der Waals surface area (Å²) in [6.45, 7) is 2.22. The second kappa shape index (κ2) is 14.6. The molecular formula is C18H32O4. The maximum atomic E-state index is 11.1. The van der Waals surface area contributed by atoms with E-state index in [-0.39, 0.29) is 6.42 Å². The van der Waals surface area contributed by atoms with Crippen LogP contribution in [0.5, 0.6) is 0 Å². The SMILES string of the molecule is CCCCCCCCC=CCCC(CCCC(=O)O)C(=O)O. The quantitative estimate of drug-likeness (QED) is 0.328. The molecule has 0 amide bonds. The van der Waals surface area contributed by atoms with Gasteiger partial charge in [0.15, 0.2) is 0 Å². The Morgan fingerprint density at radius 1 is 0.864 bits per heavy atom. The zero-order valence-electron chi connectivity index (χ0n) is 13.9. The van der Waals surface area contributed by atoms with Gasteiger partial charge >= 0.3 is 11.9 Å². The van der Waals surface area contributed by atoms with Crippen LogP contribution in [-0.4, -0.2) is 22.2 Å². The number of hydrogen-bond donors (Lipinski definition) is 2. The van der Waals surface area contributed by atoms with Crippen LogP contribution in [0.4, 0.5) is 0 Å². The Balaban J connectivity index is 3.64. The normalized spacial score (nSPS) is 12.6. The molecule has 128 valence electrons. The summed E-state index contributed by atoms with van der Waals surface area (Å²) in [5.41, 5.74) is 0. The molecule has 0 aliphatic carbocycles. The van der Waals surface area contributed by atoms with Crippen molar-refractivity contribution in [2.75, 3.05) is 0 Å². The van der Waals surface area contributed by atoms with Crippen LogP contribution in [0.2, 0.25) is 0 Å². The molecule has 0 rings (SSSR count). The van der Waals surface area contributed by atoms with Crippen LogP contribution < -0.4 is 0 Å². The minimum absolute atomic E-state index is 0.0532. The largest absolute Gasteiger partial charge is 0.481 e. The smallest absolute Gasteiger partial charge is 0.306 e. The fourth-order valence-electron chi connectivity index (χ4n) is 2.47. The molecular weight excluding hydrogens is 280 g/mol. The van der Waals surface area contributed by atoms with E-state index in [0.717, 1.165) is 12.8 Å². The number of carbonyl (C=O) groups is 2. The van der Waals surface area contributed by atoms with E-state index >= 15 is 0 Å². The average Bonchev–Trinajstić information content (AvgIpc) is 2.46. The van der Waals surface area contributed by atoms with E-state index in [1.54, 1.807) is 0 Å². The van der Waals surface area contributed by atoms with Crippen molar-refractivity contribution in [1.82, 2.24) is 0 Å². The van der Waals surface area contributed by atoms with E-state index in [4.69, 9.17) is 10.2 Å². The average molecular weight is 312 g/mol. The fourth-order valence-corrected chi connectivity index (χ4v) is 2.47. The van der Waals surface area contributed by atoms with Crippen molar-refractivity contribution < 1.29 is 19.8 Å². The predicted octanol–water partition coefficient (Wildman–Crippen LogP) is 5.03. The molecule has 0 aliphatic rings. The van der Waals surface area contributed by atoms with E-state index in [1.165, 1.54) is 38.5 Å². The van der Waals surface area contributed by atoms with Crippen LogP contribution >= 0.6 is 0 Å². The Bertz CT molecular complexity index is 323. The van der Waals surface area contributed by atoms with Crippen LogP contribution in [0.3, 0.4) is 0 Å². The van der Waals surface area contributed by atoms with Crippen LogP contribution in [0, 0.1) is 5.92 Å². The van der Waals surface area contributed by atoms with Crippen LogP contribution in [0.15, 0.2) is 12.2 Å². The zero-order valence-corrected chi connectivity index (χ0v) is 13.9. The minimum Gasteiger partial charge on any atom is -0.481 e. The maximum Gasteiger partial charge on any atom is 0.306 e. The summed E-state index contributed by atoms with van der Waals surface area (Å²) in [5, 5.41) is 17.7. The molecule has 1 atom stereocenters. The summed E-state index contributed by atoms with van der Waals surface area (Å²) in [4.78, 5) is 21.5. The molecule has 0 saturated heterocycles. The highest BCUT2D eigenvalue weighted by Crippen LogP contribution is 2.16. The van der Waals surface area contributed by atoms with Gasteiger partial charge in [-0.1, -0.05) is 51.2 Å². The summed E-state index contributed by atoms with van der Waals surface area (Å²) >= 11 is 0. The second-order valence-electron chi connectivity index (χ2n) is 5.93. The topological polar surface area (TPSA) is 74.6 Å². The first-order chi connectivity index (χ1) is 10.6. The molecule has 0 aromatic rings. The highest BCUT2D eigenvalue weighted by molar-refractivity contribution is 5.70. The van der Waals surface area contributed by atoms with Crippen molar-refractivity contribution in [3.05, 3.63) is 12.2 Å². The van der Waals surface area contributed by atoms with Gasteiger partial charge in [-0.3, -0.25) is 9.59 Å². The van der Waals surface area contributed by atoms with Gasteiger partial charge in [0.2, 0.25) is 0 Å². The Kier molecular flexibility index (Phi) is 13.7. The third-order valence-electron chi connectivity index (χ3n) is 3.87. The lowest BCUT2D eigenvalue weighted by Crippen LogP contribution is -2.13. The molecule has 2 N–H and O–H groups in total. The van der Waals surface area contributed by atoms with E-state index in [9.17, 15) is 9.59 Å². The summed E-state index contributed by atoms with van der Waals surface area (Å²) in [7, 11) is 0. The van der Waals surface area contributed by atoms with Crippen molar-refractivity contribution >= 4 is 11.9 Å². The molecule has 0 radical (unpaired) electrons. The summed E-state index contributed by atoms with van der Waals surface area (Å²) in [6, 6.07) is 0. The van der Waals surface area contributed by atoms with Gasteiger partial charge in [-0.25, -0.2) is 0 Å². The lowest BCUT2D eigenvalue weighted by molar-refractivity contribution is -0.143. The number of carboxylic acids is 2. The number of aliphatic carboxylic acids is 2. The molecule has 22 heavy (non-hydrogen) atoms. The molecule has 0 aromatic heterocycles. The molecule has 4 heteroatoms. The van der Waals surface area contributed by atoms with Gasteiger partial charge in [0.25, 0.3) is 0 Å². The van der Waals surface area contributed by atoms with E-state index in [1.807, 2.05) is 0 Å². The lowest BCUT2D eigenvalue weighted by atomic mass is 9.96. The molecule has 0 spiro atoms. The molecule has 0 aromatic carbocycles. The first-order valence-corrected chi connectivity index (χ1v) is 8.67.